The maximum Gasteiger partial charge on any atom is 0.294 e. The summed E-state index contributed by atoms with van der Waals surface area (Å²) in [6.45, 7) is 0.614. The molecule has 0 radical (unpaired) electrons. The fraction of sp³-hybridized carbons (Fsp3) is 0.538. The first kappa shape index (κ1) is 16.0. The second kappa shape index (κ2) is 6.19. The quantitative estimate of drug-likeness (QED) is 0.625. The minimum absolute atomic E-state index is 0.00673. The van der Waals surface area contributed by atoms with Gasteiger partial charge in [0.1, 0.15) is 15.5 Å². The fourth-order valence-electron chi connectivity index (χ4n) is 2.73. The van der Waals surface area contributed by atoms with Crippen LogP contribution < -0.4 is 4.90 Å². The van der Waals surface area contributed by atoms with E-state index in [2.05, 4.69) is 0 Å². The number of sulfone groups is 1. The first-order valence-corrected chi connectivity index (χ1v) is 9.10. The minimum atomic E-state index is -3.14. The lowest BCUT2D eigenvalue weighted by molar-refractivity contribution is -0.384. The van der Waals surface area contributed by atoms with Gasteiger partial charge in [0.25, 0.3) is 5.69 Å². The van der Waals surface area contributed by atoms with Crippen LogP contribution in [0.25, 0.3) is 0 Å². The molecule has 0 bridgehead atoms. The molecule has 0 aromatic heterocycles. The summed E-state index contributed by atoms with van der Waals surface area (Å²) >= 11 is 5.82. The highest BCUT2D eigenvalue weighted by molar-refractivity contribution is 7.90. The van der Waals surface area contributed by atoms with Crippen LogP contribution in [0.2, 0.25) is 5.02 Å². The van der Waals surface area contributed by atoms with Crippen molar-refractivity contribution >= 4 is 32.8 Å². The van der Waals surface area contributed by atoms with Crippen molar-refractivity contribution in [2.45, 2.75) is 25.3 Å². The normalized spacial score (nSPS) is 19.5. The molecule has 0 saturated carbocycles. The molecule has 1 aromatic rings. The highest BCUT2D eigenvalue weighted by Gasteiger charge is 2.30. The molecule has 2 rings (SSSR count). The number of benzene rings is 1. The average Bonchev–Trinajstić information content (AvgIpc) is 2.37. The highest BCUT2D eigenvalue weighted by atomic mass is 35.5. The van der Waals surface area contributed by atoms with Gasteiger partial charge in [0.15, 0.2) is 0 Å². The van der Waals surface area contributed by atoms with Crippen LogP contribution in [0.4, 0.5) is 11.4 Å². The van der Waals surface area contributed by atoms with Crippen molar-refractivity contribution in [1.29, 1.82) is 0 Å². The van der Waals surface area contributed by atoms with Gasteiger partial charge in [-0.3, -0.25) is 10.1 Å². The van der Waals surface area contributed by atoms with Gasteiger partial charge in [0.2, 0.25) is 0 Å². The largest absolute Gasteiger partial charge is 0.362 e. The second-order valence-corrected chi connectivity index (χ2v) is 7.95. The monoisotopic (exact) mass is 332 g/mol. The summed E-state index contributed by atoms with van der Waals surface area (Å²) in [5.41, 5.74) is 0.362. The van der Waals surface area contributed by atoms with Gasteiger partial charge >= 0.3 is 0 Å². The molecular formula is C13H17ClN2O4S. The second-order valence-electron chi connectivity index (χ2n) is 5.33. The Hall–Kier alpha value is -1.34. The standard InChI is InChI=1S/C13H17ClN2O4S/c1-21(19,20)9-11-4-2-3-7-15(11)12-6-5-10(14)8-13(12)16(17)18/h5-6,8,11H,2-4,7,9H2,1H3/t11-/m0/s1. The van der Waals surface area contributed by atoms with E-state index in [-0.39, 0.29) is 17.5 Å². The molecule has 0 aliphatic carbocycles. The smallest absolute Gasteiger partial charge is 0.294 e. The zero-order valence-corrected chi connectivity index (χ0v) is 13.2. The van der Waals surface area contributed by atoms with Crippen LogP contribution >= 0.6 is 11.6 Å². The molecule has 116 valence electrons. The molecule has 8 heteroatoms. The summed E-state index contributed by atoms with van der Waals surface area (Å²) in [5, 5.41) is 11.5. The van der Waals surface area contributed by atoms with Crippen molar-refractivity contribution in [1.82, 2.24) is 0 Å². The topological polar surface area (TPSA) is 80.5 Å². The average molecular weight is 333 g/mol. The van der Waals surface area contributed by atoms with Crippen LogP contribution in [0, 0.1) is 10.1 Å². The SMILES string of the molecule is CS(=O)(=O)C[C@@H]1CCCCN1c1ccc(Cl)cc1[N+](=O)[O-]. The number of nitro benzene ring substituents is 1. The van der Waals surface area contributed by atoms with E-state index in [1.165, 1.54) is 12.3 Å². The molecule has 1 aromatic carbocycles. The molecule has 0 spiro atoms. The van der Waals surface area contributed by atoms with Crippen molar-refractivity contribution in [3.05, 3.63) is 33.3 Å². The van der Waals surface area contributed by atoms with E-state index in [0.717, 1.165) is 12.8 Å². The molecule has 1 heterocycles. The summed E-state index contributed by atoms with van der Waals surface area (Å²) in [4.78, 5) is 12.6. The lowest BCUT2D eigenvalue weighted by atomic mass is 10.0. The van der Waals surface area contributed by atoms with Crippen molar-refractivity contribution in [2.24, 2.45) is 0 Å². The number of nitrogens with zero attached hydrogens (tertiary/aromatic N) is 2. The molecule has 1 aliphatic heterocycles. The molecule has 1 saturated heterocycles. The molecule has 1 atom stereocenters. The Morgan fingerprint density at radius 1 is 1.43 bits per heavy atom. The number of nitro groups is 1. The highest BCUT2D eigenvalue weighted by Crippen LogP contribution is 2.35. The van der Waals surface area contributed by atoms with Gasteiger partial charge in [-0.15, -0.1) is 0 Å². The molecule has 1 aliphatic rings. The van der Waals surface area contributed by atoms with Crippen molar-refractivity contribution in [3.8, 4) is 0 Å². The minimum Gasteiger partial charge on any atom is -0.362 e. The van der Waals surface area contributed by atoms with E-state index in [1.807, 2.05) is 4.90 Å². The van der Waals surface area contributed by atoms with Gasteiger partial charge in [0, 0.05) is 29.9 Å². The number of rotatable bonds is 4. The lowest BCUT2D eigenvalue weighted by Crippen LogP contribution is -2.43. The van der Waals surface area contributed by atoms with Gasteiger partial charge in [-0.2, -0.15) is 0 Å². The van der Waals surface area contributed by atoms with E-state index < -0.39 is 14.8 Å². The zero-order chi connectivity index (χ0) is 15.6. The third-order valence-electron chi connectivity index (χ3n) is 3.57. The molecule has 0 N–H and O–H groups in total. The van der Waals surface area contributed by atoms with Crippen molar-refractivity contribution in [3.63, 3.8) is 0 Å². The van der Waals surface area contributed by atoms with E-state index in [1.54, 1.807) is 12.1 Å². The van der Waals surface area contributed by atoms with E-state index >= 15 is 0 Å². The first-order chi connectivity index (χ1) is 9.78. The van der Waals surface area contributed by atoms with Crippen LogP contribution in [0.1, 0.15) is 19.3 Å². The summed E-state index contributed by atoms with van der Waals surface area (Å²) in [6, 6.07) is 4.27. The molecule has 6 nitrogen and oxygen atoms in total. The zero-order valence-electron chi connectivity index (χ0n) is 11.7. The third kappa shape index (κ3) is 4.07. The fourth-order valence-corrected chi connectivity index (χ4v) is 3.94. The van der Waals surface area contributed by atoms with Crippen LogP contribution in [-0.2, 0) is 9.84 Å². The Bertz CT molecular complexity index is 648. The summed E-state index contributed by atoms with van der Waals surface area (Å²) in [7, 11) is -3.14. The lowest BCUT2D eigenvalue weighted by Gasteiger charge is -2.36. The Morgan fingerprint density at radius 2 is 2.14 bits per heavy atom. The maximum atomic E-state index is 11.6. The summed E-state index contributed by atoms with van der Waals surface area (Å²) < 4.78 is 23.1. The van der Waals surface area contributed by atoms with E-state index in [0.29, 0.717) is 23.7 Å². The maximum absolute atomic E-state index is 11.6. The number of hydrogen-bond acceptors (Lipinski definition) is 5. The van der Waals surface area contributed by atoms with Crippen LogP contribution in [-0.4, -0.2) is 37.9 Å². The third-order valence-corrected chi connectivity index (χ3v) is 4.79. The van der Waals surface area contributed by atoms with Gasteiger partial charge in [-0.05, 0) is 31.4 Å². The predicted molar refractivity (Wildman–Crippen MR) is 82.8 cm³/mol. The predicted octanol–water partition coefficient (Wildman–Crippen LogP) is 2.65. The Balaban J connectivity index is 2.40. The first-order valence-electron chi connectivity index (χ1n) is 6.66. The van der Waals surface area contributed by atoms with Crippen LogP contribution in [0.15, 0.2) is 18.2 Å². The Labute approximate surface area is 128 Å². The number of piperidine rings is 1. The van der Waals surface area contributed by atoms with Gasteiger partial charge < -0.3 is 4.90 Å². The summed E-state index contributed by atoms with van der Waals surface area (Å²) in [5.74, 6) is 0.00673. The number of hydrogen-bond donors (Lipinski definition) is 0. The summed E-state index contributed by atoms with van der Waals surface area (Å²) in [6.07, 6.45) is 3.72. The van der Waals surface area contributed by atoms with Crippen molar-refractivity contribution < 1.29 is 13.3 Å². The van der Waals surface area contributed by atoms with E-state index in [9.17, 15) is 18.5 Å². The molecule has 0 unspecified atom stereocenters. The molecular weight excluding hydrogens is 316 g/mol. The van der Waals surface area contributed by atoms with Gasteiger partial charge in [0.05, 0.1) is 10.7 Å². The Kier molecular flexibility index (Phi) is 4.73. The van der Waals surface area contributed by atoms with Crippen molar-refractivity contribution in [2.75, 3.05) is 23.5 Å². The molecule has 0 amide bonds. The van der Waals surface area contributed by atoms with Gasteiger partial charge in [-0.1, -0.05) is 11.6 Å². The number of halogens is 1. The van der Waals surface area contributed by atoms with Crippen LogP contribution in [0.3, 0.4) is 0 Å². The van der Waals surface area contributed by atoms with Gasteiger partial charge in [-0.25, -0.2) is 8.42 Å². The molecule has 21 heavy (non-hydrogen) atoms. The van der Waals surface area contributed by atoms with Crippen LogP contribution in [0.5, 0.6) is 0 Å². The number of anilines is 1. The van der Waals surface area contributed by atoms with E-state index in [4.69, 9.17) is 11.6 Å². The Morgan fingerprint density at radius 3 is 2.76 bits per heavy atom. The molecule has 1 fully saturated rings.